The van der Waals surface area contributed by atoms with E-state index in [9.17, 15) is 4.79 Å². The smallest absolute Gasteiger partial charge is 0.314 e. The monoisotopic (exact) mass is 277 g/mol. The summed E-state index contributed by atoms with van der Waals surface area (Å²) in [5.41, 5.74) is 0.923. The fraction of sp³-hybridized carbons (Fsp3) is 0.562. The summed E-state index contributed by atoms with van der Waals surface area (Å²) in [4.78, 5) is 12.0. The van der Waals surface area contributed by atoms with Crippen LogP contribution in [0.5, 0.6) is 0 Å². The minimum atomic E-state index is -0.278. The molecule has 2 rings (SSSR count). The second-order valence-electron chi connectivity index (χ2n) is 5.58. The van der Waals surface area contributed by atoms with E-state index in [0.29, 0.717) is 13.2 Å². The summed E-state index contributed by atoms with van der Waals surface area (Å²) in [7, 11) is 1.43. The summed E-state index contributed by atoms with van der Waals surface area (Å²) >= 11 is 0. The average molecular weight is 277 g/mol. The Morgan fingerprint density at radius 1 is 1.45 bits per heavy atom. The van der Waals surface area contributed by atoms with Gasteiger partial charge >= 0.3 is 5.97 Å². The first-order chi connectivity index (χ1) is 9.64. The van der Waals surface area contributed by atoms with Gasteiger partial charge in [-0.25, -0.2) is 0 Å². The van der Waals surface area contributed by atoms with Gasteiger partial charge in [0.2, 0.25) is 0 Å². The molecule has 1 fully saturated rings. The number of hydrogen-bond acceptors (Lipinski definition) is 4. The Kier molecular flexibility index (Phi) is 5.15. The number of esters is 1. The Hall–Kier alpha value is -1.39. The lowest BCUT2D eigenvalue weighted by Crippen LogP contribution is -2.50. The molecule has 0 aliphatic carbocycles. The maximum absolute atomic E-state index is 12.0. The number of rotatable bonds is 5. The topological polar surface area (TPSA) is 47.6 Å². The molecule has 2 atom stereocenters. The summed E-state index contributed by atoms with van der Waals surface area (Å²) in [6, 6.07) is 9.75. The lowest BCUT2D eigenvalue weighted by Gasteiger charge is -2.35. The van der Waals surface area contributed by atoms with Crippen molar-refractivity contribution in [1.82, 2.24) is 5.32 Å². The molecule has 20 heavy (non-hydrogen) atoms. The third kappa shape index (κ3) is 3.81. The van der Waals surface area contributed by atoms with Gasteiger partial charge in [0.25, 0.3) is 0 Å². The lowest BCUT2D eigenvalue weighted by molar-refractivity contribution is -0.142. The van der Waals surface area contributed by atoms with Crippen LogP contribution < -0.4 is 5.32 Å². The van der Waals surface area contributed by atoms with E-state index in [0.717, 1.165) is 25.0 Å². The van der Waals surface area contributed by atoms with Crippen LogP contribution in [0.1, 0.15) is 31.2 Å². The average Bonchev–Trinajstić information content (AvgIpc) is 2.49. The van der Waals surface area contributed by atoms with Gasteiger partial charge in [0, 0.05) is 18.7 Å². The first-order valence-electron chi connectivity index (χ1n) is 7.10. The van der Waals surface area contributed by atoms with Crippen LogP contribution in [0.4, 0.5) is 0 Å². The summed E-state index contributed by atoms with van der Waals surface area (Å²) in [5, 5.41) is 3.49. The molecule has 2 unspecified atom stereocenters. The Morgan fingerprint density at radius 2 is 2.20 bits per heavy atom. The maximum Gasteiger partial charge on any atom is 0.314 e. The van der Waals surface area contributed by atoms with Gasteiger partial charge in [-0.15, -0.1) is 0 Å². The molecule has 1 aromatic rings. The van der Waals surface area contributed by atoms with Crippen LogP contribution in [0.2, 0.25) is 0 Å². The summed E-state index contributed by atoms with van der Waals surface area (Å²) < 4.78 is 10.5. The molecule has 0 aromatic heterocycles. The van der Waals surface area contributed by atoms with Gasteiger partial charge in [-0.2, -0.15) is 0 Å². The predicted molar refractivity (Wildman–Crippen MR) is 77.7 cm³/mol. The predicted octanol–water partition coefficient (Wildman–Crippen LogP) is 2.10. The van der Waals surface area contributed by atoms with Crippen LogP contribution in [0.3, 0.4) is 0 Å². The van der Waals surface area contributed by atoms with E-state index in [-0.39, 0.29) is 17.4 Å². The third-order valence-corrected chi connectivity index (χ3v) is 3.86. The fourth-order valence-electron chi connectivity index (χ4n) is 2.59. The molecular formula is C16H23NO3. The van der Waals surface area contributed by atoms with Crippen LogP contribution >= 0.6 is 0 Å². The SMILES string of the molecule is COC(=O)C(CNC1(C)CCCOC1)c1ccccc1. The van der Waals surface area contributed by atoms with Crippen molar-refractivity contribution >= 4 is 5.97 Å². The summed E-state index contributed by atoms with van der Waals surface area (Å²) in [6.45, 7) is 4.23. The van der Waals surface area contributed by atoms with Gasteiger partial charge in [-0.3, -0.25) is 4.79 Å². The van der Waals surface area contributed by atoms with E-state index < -0.39 is 0 Å². The molecular weight excluding hydrogens is 254 g/mol. The highest BCUT2D eigenvalue weighted by atomic mass is 16.5. The van der Waals surface area contributed by atoms with Crippen LogP contribution in [0.25, 0.3) is 0 Å². The molecule has 1 aromatic carbocycles. The molecule has 1 heterocycles. The fourth-order valence-corrected chi connectivity index (χ4v) is 2.59. The molecule has 0 spiro atoms. The molecule has 110 valence electrons. The Bertz CT molecular complexity index is 427. The van der Waals surface area contributed by atoms with Crippen molar-refractivity contribution in [1.29, 1.82) is 0 Å². The first-order valence-corrected chi connectivity index (χ1v) is 7.10. The van der Waals surface area contributed by atoms with E-state index in [1.807, 2.05) is 30.3 Å². The van der Waals surface area contributed by atoms with Crippen molar-refractivity contribution < 1.29 is 14.3 Å². The highest BCUT2D eigenvalue weighted by Gasteiger charge is 2.30. The number of methoxy groups -OCH3 is 1. The Balaban J connectivity index is 2.03. The van der Waals surface area contributed by atoms with E-state index in [4.69, 9.17) is 9.47 Å². The van der Waals surface area contributed by atoms with Crippen molar-refractivity contribution in [3.05, 3.63) is 35.9 Å². The first kappa shape index (κ1) is 15.0. The Labute approximate surface area is 120 Å². The Morgan fingerprint density at radius 3 is 2.80 bits per heavy atom. The quantitative estimate of drug-likeness (QED) is 0.837. The van der Waals surface area contributed by atoms with Crippen LogP contribution in [0.15, 0.2) is 30.3 Å². The number of benzene rings is 1. The number of ether oxygens (including phenoxy) is 2. The van der Waals surface area contributed by atoms with Gasteiger partial charge in [0.1, 0.15) is 0 Å². The molecule has 1 aliphatic heterocycles. The van der Waals surface area contributed by atoms with Gasteiger partial charge in [-0.05, 0) is 25.3 Å². The van der Waals surface area contributed by atoms with Crippen molar-refractivity contribution in [2.75, 3.05) is 26.9 Å². The molecule has 0 bridgehead atoms. The van der Waals surface area contributed by atoms with E-state index in [2.05, 4.69) is 12.2 Å². The number of nitrogens with one attached hydrogen (secondary N) is 1. The highest BCUT2D eigenvalue weighted by Crippen LogP contribution is 2.21. The van der Waals surface area contributed by atoms with Crippen LogP contribution in [-0.4, -0.2) is 38.4 Å². The van der Waals surface area contributed by atoms with E-state index in [1.54, 1.807) is 0 Å². The zero-order valence-electron chi connectivity index (χ0n) is 12.2. The van der Waals surface area contributed by atoms with Gasteiger partial charge in [0.15, 0.2) is 0 Å². The maximum atomic E-state index is 12.0. The number of carbonyl (C=O) groups excluding carboxylic acids is 1. The summed E-state index contributed by atoms with van der Waals surface area (Å²) in [5.74, 6) is -0.482. The number of hydrogen-bond donors (Lipinski definition) is 1. The molecule has 0 amide bonds. The molecule has 4 heteroatoms. The molecule has 1 aliphatic rings. The van der Waals surface area contributed by atoms with Gasteiger partial charge in [0.05, 0.1) is 19.6 Å². The second-order valence-corrected chi connectivity index (χ2v) is 5.58. The minimum absolute atomic E-state index is 0.0562. The normalized spacial score (nSPS) is 24.1. The highest BCUT2D eigenvalue weighted by molar-refractivity contribution is 5.78. The molecule has 1 saturated heterocycles. The molecule has 4 nitrogen and oxygen atoms in total. The largest absolute Gasteiger partial charge is 0.469 e. The van der Waals surface area contributed by atoms with Crippen LogP contribution in [0, 0.1) is 0 Å². The van der Waals surface area contributed by atoms with Gasteiger partial charge < -0.3 is 14.8 Å². The third-order valence-electron chi connectivity index (χ3n) is 3.86. The zero-order valence-corrected chi connectivity index (χ0v) is 12.2. The van der Waals surface area contributed by atoms with Gasteiger partial charge in [-0.1, -0.05) is 30.3 Å². The van der Waals surface area contributed by atoms with Crippen molar-refractivity contribution in [3.8, 4) is 0 Å². The van der Waals surface area contributed by atoms with E-state index in [1.165, 1.54) is 7.11 Å². The standard InChI is InChI=1S/C16H23NO3/c1-16(9-6-10-20-12-16)17-11-14(15(18)19-2)13-7-4-3-5-8-13/h3-5,7-8,14,17H,6,9-12H2,1-2H3. The van der Waals surface area contributed by atoms with Crippen molar-refractivity contribution in [3.63, 3.8) is 0 Å². The lowest BCUT2D eigenvalue weighted by atomic mass is 9.92. The minimum Gasteiger partial charge on any atom is -0.469 e. The van der Waals surface area contributed by atoms with Crippen molar-refractivity contribution in [2.45, 2.75) is 31.2 Å². The number of carbonyl (C=O) groups is 1. The van der Waals surface area contributed by atoms with Crippen molar-refractivity contribution in [2.24, 2.45) is 0 Å². The van der Waals surface area contributed by atoms with Crippen LogP contribution in [-0.2, 0) is 14.3 Å². The summed E-state index contributed by atoms with van der Waals surface area (Å²) in [6.07, 6.45) is 2.12. The molecule has 0 radical (unpaired) electrons. The van der Waals surface area contributed by atoms with E-state index >= 15 is 0 Å². The zero-order chi connectivity index (χ0) is 14.4. The molecule has 0 saturated carbocycles. The second kappa shape index (κ2) is 6.86. The molecule has 1 N–H and O–H groups in total.